The molecule has 122 valence electrons. The number of hydrogen-bond acceptors (Lipinski definition) is 3. The number of fused-ring (bicyclic) bond motifs is 1. The number of halogens is 2. The molecule has 0 aliphatic heterocycles. The Balaban J connectivity index is 1.83. The molecule has 0 bridgehead atoms. The van der Waals surface area contributed by atoms with Gasteiger partial charge in [0, 0.05) is 10.1 Å². The van der Waals surface area contributed by atoms with Crippen molar-refractivity contribution >= 4 is 44.6 Å². The minimum Gasteiger partial charge on any atom is -0.266 e. The molecule has 0 aliphatic rings. The van der Waals surface area contributed by atoms with Crippen LogP contribution < -0.4 is 5.43 Å². The summed E-state index contributed by atoms with van der Waals surface area (Å²) in [4.78, 5) is 12.8. The lowest BCUT2D eigenvalue weighted by molar-refractivity contribution is 0.0959. The quantitative estimate of drug-likeness (QED) is 0.509. The number of rotatable bonds is 3. The van der Waals surface area contributed by atoms with Crippen LogP contribution in [0.15, 0.2) is 47.6 Å². The van der Waals surface area contributed by atoms with E-state index in [0.29, 0.717) is 15.6 Å². The highest BCUT2D eigenvalue weighted by Crippen LogP contribution is 2.35. The van der Waals surface area contributed by atoms with Gasteiger partial charge in [0.15, 0.2) is 0 Å². The molecule has 6 heteroatoms. The number of carbonyl (C=O) groups is 1. The molecule has 0 saturated carbocycles. The van der Waals surface area contributed by atoms with Crippen LogP contribution in [0.25, 0.3) is 10.1 Å². The molecule has 1 heterocycles. The SMILES string of the molecule is CC(=NNC(=O)c1sc2cc(C)ccc2c1Cl)c1ccc(F)cc1. The van der Waals surface area contributed by atoms with Gasteiger partial charge in [-0.2, -0.15) is 5.10 Å². The number of benzene rings is 2. The molecule has 1 amide bonds. The second-order valence-corrected chi connectivity index (χ2v) is 6.82. The summed E-state index contributed by atoms with van der Waals surface area (Å²) in [6, 6.07) is 11.8. The van der Waals surface area contributed by atoms with Gasteiger partial charge in [-0.15, -0.1) is 11.3 Å². The molecular formula is C18H14ClFN2OS. The van der Waals surface area contributed by atoms with Crippen molar-refractivity contribution in [1.82, 2.24) is 5.43 Å². The summed E-state index contributed by atoms with van der Waals surface area (Å²) in [7, 11) is 0. The number of carbonyl (C=O) groups excluding carboxylic acids is 1. The average Bonchev–Trinajstić information content (AvgIpc) is 2.89. The number of nitrogens with zero attached hydrogens (tertiary/aromatic N) is 1. The lowest BCUT2D eigenvalue weighted by Gasteiger charge is -2.02. The third kappa shape index (κ3) is 3.32. The minimum atomic E-state index is -0.361. The summed E-state index contributed by atoms with van der Waals surface area (Å²) in [6.45, 7) is 3.73. The maximum atomic E-state index is 12.9. The lowest BCUT2D eigenvalue weighted by atomic mass is 10.1. The van der Waals surface area contributed by atoms with Crippen LogP contribution in [0, 0.1) is 12.7 Å². The van der Waals surface area contributed by atoms with E-state index in [0.717, 1.165) is 21.2 Å². The Morgan fingerprint density at radius 2 is 1.92 bits per heavy atom. The molecule has 0 unspecified atom stereocenters. The Morgan fingerprint density at radius 3 is 2.62 bits per heavy atom. The largest absolute Gasteiger partial charge is 0.283 e. The van der Waals surface area contributed by atoms with E-state index in [1.807, 2.05) is 25.1 Å². The van der Waals surface area contributed by atoms with Crippen molar-refractivity contribution in [2.45, 2.75) is 13.8 Å². The molecule has 0 fully saturated rings. The van der Waals surface area contributed by atoms with Gasteiger partial charge < -0.3 is 0 Å². The first-order valence-corrected chi connectivity index (χ1v) is 8.44. The van der Waals surface area contributed by atoms with Crippen LogP contribution in [0.3, 0.4) is 0 Å². The summed E-state index contributed by atoms with van der Waals surface area (Å²) >= 11 is 7.65. The molecule has 1 aromatic heterocycles. The monoisotopic (exact) mass is 360 g/mol. The third-order valence-electron chi connectivity index (χ3n) is 3.58. The number of hydrazone groups is 1. The van der Waals surface area contributed by atoms with E-state index in [1.54, 1.807) is 19.1 Å². The first kappa shape index (κ1) is 16.6. The van der Waals surface area contributed by atoms with Crippen molar-refractivity contribution in [2.75, 3.05) is 0 Å². The van der Waals surface area contributed by atoms with Crippen LogP contribution in [0.5, 0.6) is 0 Å². The van der Waals surface area contributed by atoms with E-state index < -0.39 is 0 Å². The highest BCUT2D eigenvalue weighted by molar-refractivity contribution is 7.21. The van der Waals surface area contributed by atoms with Gasteiger partial charge in [0.05, 0.1) is 10.7 Å². The molecule has 3 rings (SSSR count). The van der Waals surface area contributed by atoms with E-state index in [9.17, 15) is 9.18 Å². The van der Waals surface area contributed by atoms with Crippen LogP contribution in [-0.2, 0) is 0 Å². The van der Waals surface area contributed by atoms with Gasteiger partial charge in [-0.1, -0.05) is 35.9 Å². The van der Waals surface area contributed by atoms with E-state index >= 15 is 0 Å². The van der Waals surface area contributed by atoms with Crippen molar-refractivity contribution in [3.8, 4) is 0 Å². The fourth-order valence-corrected chi connectivity index (χ4v) is 3.76. The van der Waals surface area contributed by atoms with Gasteiger partial charge in [0.2, 0.25) is 0 Å². The highest BCUT2D eigenvalue weighted by atomic mass is 35.5. The van der Waals surface area contributed by atoms with Crippen LogP contribution in [0.2, 0.25) is 5.02 Å². The van der Waals surface area contributed by atoms with E-state index in [4.69, 9.17) is 11.6 Å². The fraction of sp³-hybridized carbons (Fsp3) is 0.111. The zero-order valence-electron chi connectivity index (χ0n) is 13.1. The Bertz CT molecular complexity index is 948. The van der Waals surface area contributed by atoms with Crippen molar-refractivity contribution in [3.63, 3.8) is 0 Å². The fourth-order valence-electron chi connectivity index (χ4n) is 2.26. The molecule has 1 N–H and O–H groups in total. The van der Waals surface area contributed by atoms with Gasteiger partial charge in [0.1, 0.15) is 10.7 Å². The number of aryl methyl sites for hydroxylation is 1. The maximum absolute atomic E-state index is 12.9. The topological polar surface area (TPSA) is 41.5 Å². The van der Waals surface area contributed by atoms with Gasteiger partial charge in [-0.3, -0.25) is 4.79 Å². The summed E-state index contributed by atoms with van der Waals surface area (Å²) in [5.74, 6) is -0.678. The van der Waals surface area contributed by atoms with Gasteiger partial charge in [-0.25, -0.2) is 9.82 Å². The smallest absolute Gasteiger partial charge is 0.266 e. The second-order valence-electron chi connectivity index (χ2n) is 5.39. The summed E-state index contributed by atoms with van der Waals surface area (Å²) in [5.41, 5.74) is 4.93. The Morgan fingerprint density at radius 1 is 1.21 bits per heavy atom. The second kappa shape index (κ2) is 6.71. The summed E-state index contributed by atoms with van der Waals surface area (Å²) < 4.78 is 13.9. The molecule has 3 nitrogen and oxygen atoms in total. The predicted molar refractivity (Wildman–Crippen MR) is 97.6 cm³/mol. The number of thiophene rings is 1. The van der Waals surface area contributed by atoms with Gasteiger partial charge in [0.25, 0.3) is 5.91 Å². The highest BCUT2D eigenvalue weighted by Gasteiger charge is 2.17. The van der Waals surface area contributed by atoms with E-state index in [1.165, 1.54) is 23.5 Å². The van der Waals surface area contributed by atoms with Crippen molar-refractivity contribution in [2.24, 2.45) is 5.10 Å². The summed E-state index contributed by atoms with van der Waals surface area (Å²) in [6.07, 6.45) is 0. The van der Waals surface area contributed by atoms with Crippen LogP contribution in [-0.4, -0.2) is 11.6 Å². The molecule has 0 aliphatic carbocycles. The van der Waals surface area contributed by atoms with Crippen molar-refractivity contribution in [1.29, 1.82) is 0 Å². The Hall–Kier alpha value is -2.24. The molecule has 0 spiro atoms. The van der Waals surface area contributed by atoms with Crippen LogP contribution >= 0.6 is 22.9 Å². The third-order valence-corrected chi connectivity index (χ3v) is 5.23. The maximum Gasteiger partial charge on any atom is 0.283 e. The molecule has 0 saturated heterocycles. The summed E-state index contributed by atoms with van der Waals surface area (Å²) in [5, 5.41) is 5.36. The standard InChI is InChI=1S/C18H14ClFN2OS/c1-10-3-8-14-15(9-10)24-17(16(14)19)18(23)22-21-11(2)12-4-6-13(20)7-5-12/h3-9H,1-2H3,(H,22,23). The van der Waals surface area contributed by atoms with Crippen LogP contribution in [0.4, 0.5) is 4.39 Å². The Labute approximate surface area is 147 Å². The van der Waals surface area contributed by atoms with E-state index in [-0.39, 0.29) is 11.7 Å². The normalized spacial score (nSPS) is 11.8. The number of hydrogen-bond donors (Lipinski definition) is 1. The van der Waals surface area contributed by atoms with Crippen molar-refractivity contribution < 1.29 is 9.18 Å². The van der Waals surface area contributed by atoms with Crippen molar-refractivity contribution in [3.05, 3.63) is 69.3 Å². The molecule has 3 aromatic rings. The van der Waals surface area contributed by atoms with E-state index in [2.05, 4.69) is 10.5 Å². The first-order chi connectivity index (χ1) is 11.5. The molecule has 2 aromatic carbocycles. The molecular weight excluding hydrogens is 347 g/mol. The number of nitrogens with one attached hydrogen (secondary N) is 1. The molecule has 24 heavy (non-hydrogen) atoms. The minimum absolute atomic E-state index is 0.317. The van der Waals surface area contributed by atoms with Gasteiger partial charge in [-0.05, 0) is 43.2 Å². The first-order valence-electron chi connectivity index (χ1n) is 7.25. The number of amides is 1. The lowest BCUT2D eigenvalue weighted by Crippen LogP contribution is -2.18. The Kier molecular flexibility index (Phi) is 4.64. The zero-order valence-corrected chi connectivity index (χ0v) is 14.6. The average molecular weight is 361 g/mol. The molecule has 0 radical (unpaired) electrons. The zero-order chi connectivity index (χ0) is 17.3. The van der Waals surface area contributed by atoms with Crippen LogP contribution in [0.1, 0.15) is 27.7 Å². The van der Waals surface area contributed by atoms with Gasteiger partial charge >= 0.3 is 0 Å². The predicted octanol–water partition coefficient (Wildman–Crippen LogP) is 5.16. The molecule has 0 atom stereocenters.